The lowest BCUT2D eigenvalue weighted by Crippen LogP contribution is -2.45. The van der Waals surface area contributed by atoms with Crippen molar-refractivity contribution in [2.75, 3.05) is 26.2 Å². The molecular weight excluding hydrogens is 152 g/mol. The molecule has 0 aromatic rings. The van der Waals surface area contributed by atoms with Crippen LogP contribution in [0.25, 0.3) is 0 Å². The van der Waals surface area contributed by atoms with Gasteiger partial charge in [0.15, 0.2) is 0 Å². The van der Waals surface area contributed by atoms with Crippen molar-refractivity contribution in [3.8, 4) is 0 Å². The second-order valence-corrected chi connectivity index (χ2v) is 3.50. The van der Waals surface area contributed by atoms with E-state index in [0.717, 1.165) is 25.3 Å². The molecule has 2 aliphatic heterocycles. The van der Waals surface area contributed by atoms with Crippen molar-refractivity contribution in [1.29, 1.82) is 0 Å². The summed E-state index contributed by atoms with van der Waals surface area (Å²) in [5, 5.41) is 0. The normalized spacial score (nSPS) is 25.9. The lowest BCUT2D eigenvalue weighted by Gasteiger charge is -2.32. The standard InChI is InChI=1S/C9H16N2O/c10-8(7-11-4-2-5-11)9-3-1-6-12-9/h3,8H,1-2,4-7,10H2. The van der Waals surface area contributed by atoms with Crippen LogP contribution >= 0.6 is 0 Å². The molecule has 2 aliphatic rings. The fourth-order valence-corrected chi connectivity index (χ4v) is 1.63. The van der Waals surface area contributed by atoms with Gasteiger partial charge in [-0.15, -0.1) is 0 Å². The maximum Gasteiger partial charge on any atom is 0.110 e. The molecule has 12 heavy (non-hydrogen) atoms. The van der Waals surface area contributed by atoms with Crippen molar-refractivity contribution in [2.24, 2.45) is 5.73 Å². The zero-order valence-electron chi connectivity index (χ0n) is 7.33. The van der Waals surface area contributed by atoms with Crippen LogP contribution in [0.2, 0.25) is 0 Å². The van der Waals surface area contributed by atoms with Crippen molar-refractivity contribution in [3.63, 3.8) is 0 Å². The summed E-state index contributed by atoms with van der Waals surface area (Å²) in [7, 11) is 0. The van der Waals surface area contributed by atoms with E-state index in [1.165, 1.54) is 19.5 Å². The topological polar surface area (TPSA) is 38.5 Å². The second-order valence-electron chi connectivity index (χ2n) is 3.50. The van der Waals surface area contributed by atoms with Crippen LogP contribution in [-0.2, 0) is 4.74 Å². The summed E-state index contributed by atoms with van der Waals surface area (Å²) in [6.45, 7) is 4.21. The van der Waals surface area contributed by atoms with Gasteiger partial charge in [0.05, 0.1) is 12.6 Å². The number of likely N-dealkylation sites (tertiary alicyclic amines) is 1. The highest BCUT2D eigenvalue weighted by Gasteiger charge is 2.21. The number of rotatable bonds is 3. The van der Waals surface area contributed by atoms with Crippen LogP contribution in [-0.4, -0.2) is 37.2 Å². The minimum absolute atomic E-state index is 0.104. The molecule has 3 nitrogen and oxygen atoms in total. The summed E-state index contributed by atoms with van der Waals surface area (Å²) in [5.41, 5.74) is 5.95. The average molecular weight is 168 g/mol. The Kier molecular flexibility index (Phi) is 2.33. The quantitative estimate of drug-likeness (QED) is 0.659. The van der Waals surface area contributed by atoms with Crippen LogP contribution in [0.5, 0.6) is 0 Å². The average Bonchev–Trinajstić information content (AvgIpc) is 2.47. The minimum Gasteiger partial charge on any atom is -0.496 e. The third-order valence-corrected chi connectivity index (χ3v) is 2.50. The lowest BCUT2D eigenvalue weighted by atomic mass is 10.1. The number of hydrogen-bond donors (Lipinski definition) is 1. The van der Waals surface area contributed by atoms with Crippen LogP contribution in [0.3, 0.4) is 0 Å². The molecule has 1 unspecified atom stereocenters. The first-order chi connectivity index (χ1) is 5.86. The summed E-state index contributed by atoms with van der Waals surface area (Å²) in [5.74, 6) is 1.00. The molecule has 1 fully saturated rings. The van der Waals surface area contributed by atoms with E-state index in [2.05, 4.69) is 11.0 Å². The Morgan fingerprint density at radius 2 is 2.42 bits per heavy atom. The van der Waals surface area contributed by atoms with Gasteiger partial charge in [-0.2, -0.15) is 0 Å². The Morgan fingerprint density at radius 1 is 1.58 bits per heavy atom. The first-order valence-corrected chi connectivity index (χ1v) is 4.67. The Labute approximate surface area is 73.2 Å². The first kappa shape index (κ1) is 8.08. The fraction of sp³-hybridized carbons (Fsp3) is 0.778. The molecule has 0 aromatic heterocycles. The molecule has 1 saturated heterocycles. The Morgan fingerprint density at radius 3 is 2.92 bits per heavy atom. The van der Waals surface area contributed by atoms with Crippen LogP contribution in [0, 0.1) is 0 Å². The molecule has 0 aromatic carbocycles. The number of hydrogen-bond acceptors (Lipinski definition) is 3. The Balaban J connectivity index is 1.78. The SMILES string of the molecule is NC(CN1CCC1)C1=CCCO1. The molecule has 0 amide bonds. The van der Waals surface area contributed by atoms with Crippen molar-refractivity contribution in [1.82, 2.24) is 4.90 Å². The number of nitrogens with two attached hydrogens (primary N) is 1. The molecule has 68 valence electrons. The zero-order chi connectivity index (χ0) is 8.39. The van der Waals surface area contributed by atoms with Gasteiger partial charge >= 0.3 is 0 Å². The van der Waals surface area contributed by atoms with Crippen molar-refractivity contribution in [2.45, 2.75) is 18.9 Å². The molecule has 1 atom stereocenters. The van der Waals surface area contributed by atoms with Crippen LogP contribution < -0.4 is 5.73 Å². The van der Waals surface area contributed by atoms with Gasteiger partial charge in [-0.05, 0) is 25.6 Å². The molecule has 0 bridgehead atoms. The summed E-state index contributed by atoms with van der Waals surface area (Å²) in [4.78, 5) is 2.37. The molecule has 0 saturated carbocycles. The maximum atomic E-state index is 5.95. The maximum absolute atomic E-state index is 5.95. The predicted molar refractivity (Wildman–Crippen MR) is 47.7 cm³/mol. The predicted octanol–water partition coefficient (Wildman–Crippen LogP) is 0.324. The summed E-state index contributed by atoms with van der Waals surface area (Å²) in [6, 6.07) is 0.104. The Bertz CT molecular complexity index is 187. The van der Waals surface area contributed by atoms with Gasteiger partial charge in [0, 0.05) is 13.0 Å². The van der Waals surface area contributed by atoms with Crippen molar-refractivity contribution < 1.29 is 4.74 Å². The van der Waals surface area contributed by atoms with E-state index in [0.29, 0.717) is 0 Å². The molecule has 2 rings (SSSR count). The summed E-state index contributed by atoms with van der Waals surface area (Å²) in [6.07, 6.45) is 4.47. The first-order valence-electron chi connectivity index (χ1n) is 4.67. The molecule has 0 radical (unpaired) electrons. The van der Waals surface area contributed by atoms with E-state index in [4.69, 9.17) is 10.5 Å². The van der Waals surface area contributed by atoms with Gasteiger partial charge < -0.3 is 15.4 Å². The fourth-order valence-electron chi connectivity index (χ4n) is 1.63. The molecule has 0 spiro atoms. The second kappa shape index (κ2) is 3.46. The van der Waals surface area contributed by atoms with Crippen LogP contribution in [0.4, 0.5) is 0 Å². The third kappa shape index (κ3) is 1.62. The highest BCUT2D eigenvalue weighted by Crippen LogP contribution is 2.15. The number of ether oxygens (including phenoxy) is 1. The summed E-state index contributed by atoms with van der Waals surface area (Å²) < 4.78 is 5.39. The van der Waals surface area contributed by atoms with Crippen molar-refractivity contribution >= 4 is 0 Å². The minimum atomic E-state index is 0.104. The monoisotopic (exact) mass is 168 g/mol. The van der Waals surface area contributed by atoms with Gasteiger partial charge in [-0.25, -0.2) is 0 Å². The van der Waals surface area contributed by atoms with Gasteiger partial charge in [0.25, 0.3) is 0 Å². The van der Waals surface area contributed by atoms with Gasteiger partial charge in [0.2, 0.25) is 0 Å². The third-order valence-electron chi connectivity index (χ3n) is 2.50. The highest BCUT2D eigenvalue weighted by atomic mass is 16.5. The smallest absolute Gasteiger partial charge is 0.110 e. The van der Waals surface area contributed by atoms with Crippen LogP contribution in [0.15, 0.2) is 11.8 Å². The molecule has 0 aliphatic carbocycles. The van der Waals surface area contributed by atoms with E-state index in [1.54, 1.807) is 0 Å². The van der Waals surface area contributed by atoms with Gasteiger partial charge in [-0.1, -0.05) is 0 Å². The van der Waals surface area contributed by atoms with E-state index < -0.39 is 0 Å². The largest absolute Gasteiger partial charge is 0.496 e. The van der Waals surface area contributed by atoms with E-state index in [1.807, 2.05) is 0 Å². The van der Waals surface area contributed by atoms with Gasteiger partial charge in [0.1, 0.15) is 5.76 Å². The highest BCUT2D eigenvalue weighted by molar-refractivity contribution is 5.07. The molecule has 3 heteroatoms. The van der Waals surface area contributed by atoms with E-state index in [9.17, 15) is 0 Å². The van der Waals surface area contributed by atoms with Crippen LogP contribution in [0.1, 0.15) is 12.8 Å². The van der Waals surface area contributed by atoms with E-state index in [-0.39, 0.29) is 6.04 Å². The summed E-state index contributed by atoms with van der Waals surface area (Å²) >= 11 is 0. The molecule has 2 N–H and O–H groups in total. The Hall–Kier alpha value is -0.540. The number of nitrogens with zero attached hydrogens (tertiary/aromatic N) is 1. The molecule has 2 heterocycles. The molecular formula is C9H16N2O. The van der Waals surface area contributed by atoms with Crippen molar-refractivity contribution in [3.05, 3.63) is 11.8 Å². The van der Waals surface area contributed by atoms with Gasteiger partial charge in [-0.3, -0.25) is 0 Å². The van der Waals surface area contributed by atoms with E-state index >= 15 is 0 Å². The lowest BCUT2D eigenvalue weighted by molar-refractivity contribution is 0.152. The zero-order valence-corrected chi connectivity index (χ0v) is 7.33.